The SMILES string of the molecule is COc1ccc(C(=O)Nc2cc(Cl)c(Cl)cc2Cl)cc1COc1ccc(-c2ccccc2)cc1. The molecule has 172 valence electrons. The van der Waals surface area contributed by atoms with Crippen molar-refractivity contribution in [2.45, 2.75) is 6.61 Å². The van der Waals surface area contributed by atoms with E-state index >= 15 is 0 Å². The number of anilines is 1. The van der Waals surface area contributed by atoms with Crippen molar-refractivity contribution in [1.29, 1.82) is 0 Å². The Kier molecular flexibility index (Phi) is 7.63. The van der Waals surface area contributed by atoms with E-state index in [0.717, 1.165) is 16.7 Å². The Morgan fingerprint density at radius 1 is 0.794 bits per heavy atom. The highest BCUT2D eigenvalue weighted by Gasteiger charge is 2.14. The fourth-order valence-corrected chi connectivity index (χ4v) is 3.97. The summed E-state index contributed by atoms with van der Waals surface area (Å²) in [7, 11) is 1.57. The zero-order valence-electron chi connectivity index (χ0n) is 18.1. The highest BCUT2D eigenvalue weighted by atomic mass is 35.5. The molecule has 0 heterocycles. The van der Waals surface area contributed by atoms with Crippen molar-refractivity contribution in [2.75, 3.05) is 12.4 Å². The van der Waals surface area contributed by atoms with E-state index < -0.39 is 0 Å². The van der Waals surface area contributed by atoms with Gasteiger partial charge in [-0.05, 0) is 53.6 Å². The lowest BCUT2D eigenvalue weighted by Gasteiger charge is -2.13. The van der Waals surface area contributed by atoms with Crippen LogP contribution in [0.3, 0.4) is 0 Å². The summed E-state index contributed by atoms with van der Waals surface area (Å²) in [5.41, 5.74) is 3.75. The molecule has 1 amide bonds. The fraction of sp³-hybridized carbons (Fsp3) is 0.0741. The molecule has 0 atom stereocenters. The molecule has 0 aromatic heterocycles. The van der Waals surface area contributed by atoms with Gasteiger partial charge in [0.15, 0.2) is 0 Å². The lowest BCUT2D eigenvalue weighted by molar-refractivity contribution is 0.102. The number of methoxy groups -OCH3 is 1. The van der Waals surface area contributed by atoms with Crippen molar-refractivity contribution in [3.05, 3.63) is 111 Å². The van der Waals surface area contributed by atoms with Crippen LogP contribution < -0.4 is 14.8 Å². The zero-order chi connectivity index (χ0) is 24.1. The number of carbonyl (C=O) groups is 1. The summed E-state index contributed by atoms with van der Waals surface area (Å²) in [5.74, 6) is 0.973. The summed E-state index contributed by atoms with van der Waals surface area (Å²) in [5, 5.41) is 3.66. The average molecular weight is 513 g/mol. The van der Waals surface area contributed by atoms with Gasteiger partial charge in [-0.1, -0.05) is 77.3 Å². The molecule has 7 heteroatoms. The molecule has 0 radical (unpaired) electrons. The molecule has 0 bridgehead atoms. The van der Waals surface area contributed by atoms with Crippen molar-refractivity contribution in [3.8, 4) is 22.6 Å². The maximum atomic E-state index is 12.8. The molecule has 34 heavy (non-hydrogen) atoms. The number of hydrogen-bond acceptors (Lipinski definition) is 3. The smallest absolute Gasteiger partial charge is 0.255 e. The third-order valence-corrected chi connectivity index (χ3v) is 6.19. The minimum absolute atomic E-state index is 0.225. The Labute approximate surface area is 213 Å². The number of rotatable bonds is 7. The maximum Gasteiger partial charge on any atom is 0.255 e. The van der Waals surface area contributed by atoms with Crippen LogP contribution in [-0.4, -0.2) is 13.0 Å². The summed E-state index contributed by atoms with van der Waals surface area (Å²) >= 11 is 18.2. The third-order valence-electron chi connectivity index (χ3n) is 5.16. The summed E-state index contributed by atoms with van der Waals surface area (Å²) in [6.45, 7) is 0.225. The van der Waals surface area contributed by atoms with Crippen LogP contribution in [0.4, 0.5) is 5.69 Å². The van der Waals surface area contributed by atoms with E-state index in [4.69, 9.17) is 44.3 Å². The summed E-state index contributed by atoms with van der Waals surface area (Å²) in [6.07, 6.45) is 0. The second-order valence-electron chi connectivity index (χ2n) is 7.41. The van der Waals surface area contributed by atoms with E-state index in [2.05, 4.69) is 17.4 Å². The van der Waals surface area contributed by atoms with E-state index in [1.165, 1.54) is 12.1 Å². The molecule has 0 aliphatic rings. The highest BCUT2D eigenvalue weighted by molar-refractivity contribution is 6.44. The molecular weight excluding hydrogens is 493 g/mol. The van der Waals surface area contributed by atoms with Crippen LogP contribution in [-0.2, 0) is 6.61 Å². The first-order valence-corrected chi connectivity index (χ1v) is 11.5. The van der Waals surface area contributed by atoms with Gasteiger partial charge >= 0.3 is 0 Å². The molecule has 4 rings (SSSR count). The van der Waals surface area contributed by atoms with Crippen LogP contribution in [0.1, 0.15) is 15.9 Å². The molecule has 0 aliphatic carbocycles. The molecule has 4 aromatic carbocycles. The van der Waals surface area contributed by atoms with E-state index in [1.54, 1.807) is 25.3 Å². The van der Waals surface area contributed by atoms with Crippen LogP contribution in [0.15, 0.2) is 84.9 Å². The number of ether oxygens (including phenoxy) is 2. The van der Waals surface area contributed by atoms with Gasteiger partial charge in [0.25, 0.3) is 5.91 Å². The quantitative estimate of drug-likeness (QED) is 0.254. The van der Waals surface area contributed by atoms with Crippen molar-refractivity contribution >= 4 is 46.4 Å². The normalized spacial score (nSPS) is 10.6. The number of carbonyl (C=O) groups excluding carboxylic acids is 1. The highest BCUT2D eigenvalue weighted by Crippen LogP contribution is 2.33. The molecule has 4 aromatic rings. The summed E-state index contributed by atoms with van der Waals surface area (Å²) < 4.78 is 11.4. The number of nitrogens with one attached hydrogen (secondary N) is 1. The molecule has 0 fully saturated rings. The Morgan fingerprint density at radius 3 is 2.18 bits per heavy atom. The van der Waals surface area contributed by atoms with E-state index in [-0.39, 0.29) is 12.5 Å². The van der Waals surface area contributed by atoms with E-state index in [9.17, 15) is 4.79 Å². The van der Waals surface area contributed by atoms with E-state index in [1.807, 2.05) is 42.5 Å². The van der Waals surface area contributed by atoms with Gasteiger partial charge in [0, 0.05) is 11.1 Å². The monoisotopic (exact) mass is 511 g/mol. The Bertz CT molecular complexity index is 1310. The van der Waals surface area contributed by atoms with Crippen LogP contribution >= 0.6 is 34.8 Å². The second kappa shape index (κ2) is 10.8. The minimum atomic E-state index is -0.351. The maximum absolute atomic E-state index is 12.8. The number of amides is 1. The molecule has 1 N–H and O–H groups in total. The van der Waals surface area contributed by atoms with Crippen molar-refractivity contribution < 1.29 is 14.3 Å². The topological polar surface area (TPSA) is 47.6 Å². The van der Waals surface area contributed by atoms with Crippen LogP contribution in [0.25, 0.3) is 11.1 Å². The van der Waals surface area contributed by atoms with E-state index in [0.29, 0.717) is 37.8 Å². The predicted octanol–water partition coefficient (Wildman–Crippen LogP) is 8.15. The molecule has 0 saturated carbocycles. The van der Waals surface area contributed by atoms with Crippen LogP contribution in [0.2, 0.25) is 15.1 Å². The van der Waals surface area contributed by atoms with Gasteiger partial charge in [0.1, 0.15) is 18.1 Å². The summed E-state index contributed by atoms with van der Waals surface area (Å²) in [6, 6.07) is 26.1. The molecule has 4 nitrogen and oxygen atoms in total. The van der Waals surface area contributed by atoms with Gasteiger partial charge in [0.05, 0.1) is 27.9 Å². The first-order chi connectivity index (χ1) is 16.4. The number of halogens is 3. The molecule has 0 spiro atoms. The van der Waals surface area contributed by atoms with Crippen molar-refractivity contribution in [1.82, 2.24) is 0 Å². The van der Waals surface area contributed by atoms with Gasteiger partial charge in [-0.2, -0.15) is 0 Å². The summed E-state index contributed by atoms with van der Waals surface area (Å²) in [4.78, 5) is 12.8. The van der Waals surface area contributed by atoms with Gasteiger partial charge in [-0.15, -0.1) is 0 Å². The average Bonchev–Trinajstić information content (AvgIpc) is 2.86. The Hall–Kier alpha value is -3.18. The lowest BCUT2D eigenvalue weighted by Crippen LogP contribution is -2.13. The molecule has 0 unspecified atom stereocenters. The van der Waals surface area contributed by atoms with Crippen LogP contribution in [0, 0.1) is 0 Å². The predicted molar refractivity (Wildman–Crippen MR) is 139 cm³/mol. The van der Waals surface area contributed by atoms with Crippen LogP contribution in [0.5, 0.6) is 11.5 Å². The molecule has 0 aliphatic heterocycles. The van der Waals surface area contributed by atoms with Gasteiger partial charge < -0.3 is 14.8 Å². The minimum Gasteiger partial charge on any atom is -0.496 e. The zero-order valence-corrected chi connectivity index (χ0v) is 20.4. The fourth-order valence-electron chi connectivity index (χ4n) is 3.38. The Balaban J connectivity index is 1.48. The van der Waals surface area contributed by atoms with Crippen molar-refractivity contribution in [3.63, 3.8) is 0 Å². The Morgan fingerprint density at radius 2 is 1.47 bits per heavy atom. The van der Waals surface area contributed by atoms with Gasteiger partial charge in [-0.3, -0.25) is 4.79 Å². The first-order valence-electron chi connectivity index (χ1n) is 10.4. The van der Waals surface area contributed by atoms with Gasteiger partial charge in [-0.25, -0.2) is 0 Å². The molecule has 0 saturated heterocycles. The third kappa shape index (κ3) is 5.65. The number of hydrogen-bond donors (Lipinski definition) is 1. The lowest BCUT2D eigenvalue weighted by atomic mass is 10.1. The first kappa shape index (κ1) is 24.0. The standard InChI is InChI=1S/C27H20Cl3NO3/c1-33-26-12-9-19(27(32)31-25-15-23(29)22(28)14-24(25)30)13-20(26)16-34-21-10-7-18(8-11-21)17-5-3-2-4-6-17/h2-15H,16H2,1H3,(H,31,32). The second-order valence-corrected chi connectivity index (χ2v) is 8.63. The number of benzene rings is 4. The van der Waals surface area contributed by atoms with Gasteiger partial charge in [0.2, 0.25) is 0 Å². The largest absolute Gasteiger partial charge is 0.496 e. The molecular formula is C27H20Cl3NO3. The van der Waals surface area contributed by atoms with Crippen molar-refractivity contribution in [2.24, 2.45) is 0 Å².